The van der Waals surface area contributed by atoms with E-state index in [0.717, 1.165) is 16.9 Å². The van der Waals surface area contributed by atoms with E-state index in [1.54, 1.807) is 54.4 Å². The zero-order valence-electron chi connectivity index (χ0n) is 17.8. The fourth-order valence-corrected chi connectivity index (χ4v) is 4.21. The fourth-order valence-electron chi connectivity index (χ4n) is 3.13. The van der Waals surface area contributed by atoms with Crippen LogP contribution in [0.25, 0.3) is 0 Å². The molecule has 0 fully saturated rings. The van der Waals surface area contributed by atoms with Gasteiger partial charge in [0, 0.05) is 18.3 Å². The van der Waals surface area contributed by atoms with Crippen molar-refractivity contribution < 1.29 is 17.9 Å². The molecular formula is C24H26N2O4S. The van der Waals surface area contributed by atoms with E-state index in [2.05, 4.69) is 10.8 Å². The van der Waals surface area contributed by atoms with E-state index >= 15 is 0 Å². The van der Waals surface area contributed by atoms with Gasteiger partial charge in [-0.3, -0.25) is 9.52 Å². The van der Waals surface area contributed by atoms with Gasteiger partial charge in [-0.1, -0.05) is 24.3 Å². The van der Waals surface area contributed by atoms with Gasteiger partial charge in [0.1, 0.15) is 12.4 Å². The summed E-state index contributed by atoms with van der Waals surface area (Å²) < 4.78 is 33.1. The number of nitrogens with one attached hydrogen (secondary N) is 1. The summed E-state index contributed by atoms with van der Waals surface area (Å²) in [6.45, 7) is 4.83. The van der Waals surface area contributed by atoms with Crippen LogP contribution in [-0.2, 0) is 10.0 Å². The Labute approximate surface area is 183 Å². The third kappa shape index (κ3) is 6.08. The van der Waals surface area contributed by atoms with Crippen LogP contribution in [0.4, 0.5) is 5.69 Å². The molecule has 0 aliphatic heterocycles. The number of nitrogens with zero attached hydrogens (tertiary/aromatic N) is 1. The second-order valence-electron chi connectivity index (χ2n) is 7.39. The predicted octanol–water partition coefficient (Wildman–Crippen LogP) is 4.26. The molecule has 0 atom stereocenters. The Morgan fingerprint density at radius 3 is 2.16 bits per heavy atom. The lowest BCUT2D eigenvalue weighted by atomic mass is 10.1. The SMILES string of the molecule is Cc1cc(C)cc(OCCN(C)C(=O)c2ccc(NS(=O)(=O)c3ccccc3)cc2)c1. The zero-order valence-corrected chi connectivity index (χ0v) is 18.6. The van der Waals surface area contributed by atoms with Crippen LogP contribution < -0.4 is 9.46 Å². The summed E-state index contributed by atoms with van der Waals surface area (Å²) in [6, 6.07) is 20.5. The van der Waals surface area contributed by atoms with Crippen molar-refractivity contribution in [3.63, 3.8) is 0 Å². The highest BCUT2D eigenvalue weighted by Crippen LogP contribution is 2.18. The molecule has 0 aliphatic rings. The van der Waals surface area contributed by atoms with Crippen molar-refractivity contribution in [2.75, 3.05) is 24.9 Å². The first-order valence-electron chi connectivity index (χ1n) is 9.89. The van der Waals surface area contributed by atoms with E-state index in [0.29, 0.717) is 24.4 Å². The molecule has 6 nitrogen and oxygen atoms in total. The third-order valence-corrected chi connectivity index (χ3v) is 6.07. The molecule has 0 radical (unpaired) electrons. The van der Waals surface area contributed by atoms with Crippen molar-refractivity contribution >= 4 is 21.6 Å². The largest absolute Gasteiger partial charge is 0.492 e. The molecule has 162 valence electrons. The van der Waals surface area contributed by atoms with Gasteiger partial charge in [-0.25, -0.2) is 8.42 Å². The maximum Gasteiger partial charge on any atom is 0.261 e. The standard InChI is InChI=1S/C24H26N2O4S/c1-18-15-19(2)17-22(16-18)30-14-13-26(3)24(27)20-9-11-21(12-10-20)25-31(28,29)23-7-5-4-6-8-23/h4-12,15-17,25H,13-14H2,1-3H3. The first kappa shape index (κ1) is 22.4. The second-order valence-corrected chi connectivity index (χ2v) is 9.08. The molecule has 0 saturated carbocycles. The zero-order chi connectivity index (χ0) is 22.4. The number of likely N-dealkylation sites (N-methyl/N-ethyl adjacent to an activating group) is 1. The Morgan fingerprint density at radius 2 is 1.55 bits per heavy atom. The molecule has 1 amide bonds. The Bertz CT molecular complexity index is 1120. The summed E-state index contributed by atoms with van der Waals surface area (Å²) in [5.41, 5.74) is 3.11. The van der Waals surface area contributed by atoms with E-state index in [1.165, 1.54) is 12.1 Å². The minimum atomic E-state index is -3.67. The predicted molar refractivity (Wildman–Crippen MR) is 122 cm³/mol. The van der Waals surface area contributed by atoms with Gasteiger partial charge in [0.15, 0.2) is 0 Å². The van der Waals surface area contributed by atoms with Crippen molar-refractivity contribution in [2.24, 2.45) is 0 Å². The van der Waals surface area contributed by atoms with Crippen molar-refractivity contribution in [1.82, 2.24) is 4.90 Å². The van der Waals surface area contributed by atoms with Gasteiger partial charge >= 0.3 is 0 Å². The number of amides is 1. The number of carbonyl (C=O) groups excluding carboxylic acids is 1. The minimum absolute atomic E-state index is 0.165. The van der Waals surface area contributed by atoms with Crippen LogP contribution in [0, 0.1) is 13.8 Å². The smallest absolute Gasteiger partial charge is 0.261 e. The van der Waals surface area contributed by atoms with Crippen LogP contribution in [0.1, 0.15) is 21.5 Å². The van der Waals surface area contributed by atoms with Gasteiger partial charge in [-0.05, 0) is 73.5 Å². The maximum absolute atomic E-state index is 12.6. The molecule has 3 rings (SSSR count). The Morgan fingerprint density at radius 1 is 0.935 bits per heavy atom. The fraction of sp³-hybridized carbons (Fsp3) is 0.208. The van der Waals surface area contributed by atoms with Gasteiger partial charge in [-0.15, -0.1) is 0 Å². The quantitative estimate of drug-likeness (QED) is 0.570. The lowest BCUT2D eigenvalue weighted by Crippen LogP contribution is -2.30. The summed E-state index contributed by atoms with van der Waals surface area (Å²) in [5.74, 6) is 0.620. The molecule has 3 aromatic carbocycles. The number of carbonyl (C=O) groups is 1. The molecule has 0 aliphatic carbocycles. The van der Waals surface area contributed by atoms with Crippen molar-refractivity contribution in [2.45, 2.75) is 18.7 Å². The maximum atomic E-state index is 12.6. The van der Waals surface area contributed by atoms with Gasteiger partial charge in [-0.2, -0.15) is 0 Å². The van der Waals surface area contributed by atoms with E-state index in [4.69, 9.17) is 4.74 Å². The number of hydrogen-bond donors (Lipinski definition) is 1. The summed E-state index contributed by atoms with van der Waals surface area (Å²) in [4.78, 5) is 14.4. The molecule has 0 heterocycles. The number of hydrogen-bond acceptors (Lipinski definition) is 4. The van der Waals surface area contributed by atoms with Crippen LogP contribution >= 0.6 is 0 Å². The van der Waals surface area contributed by atoms with E-state index in [-0.39, 0.29) is 10.8 Å². The number of benzene rings is 3. The Kier molecular flexibility index (Phi) is 6.97. The van der Waals surface area contributed by atoms with Crippen LogP contribution in [0.15, 0.2) is 77.7 Å². The first-order chi connectivity index (χ1) is 14.7. The average Bonchev–Trinajstić information content (AvgIpc) is 2.73. The third-order valence-electron chi connectivity index (χ3n) is 4.67. The molecular weight excluding hydrogens is 412 g/mol. The number of ether oxygens (including phenoxy) is 1. The molecule has 0 unspecified atom stereocenters. The molecule has 0 saturated heterocycles. The Hall–Kier alpha value is -3.32. The number of rotatable bonds is 8. The normalized spacial score (nSPS) is 11.1. The average molecular weight is 439 g/mol. The molecule has 1 N–H and O–H groups in total. The molecule has 0 bridgehead atoms. The minimum Gasteiger partial charge on any atom is -0.492 e. The van der Waals surface area contributed by atoms with Crippen LogP contribution in [0.2, 0.25) is 0 Å². The second kappa shape index (κ2) is 9.66. The van der Waals surface area contributed by atoms with Crippen molar-refractivity contribution in [1.29, 1.82) is 0 Å². The summed E-state index contributed by atoms with van der Waals surface area (Å²) >= 11 is 0. The summed E-state index contributed by atoms with van der Waals surface area (Å²) in [6.07, 6.45) is 0. The van der Waals surface area contributed by atoms with Crippen molar-refractivity contribution in [3.05, 3.63) is 89.5 Å². The highest BCUT2D eigenvalue weighted by Gasteiger charge is 2.15. The van der Waals surface area contributed by atoms with E-state index in [1.807, 2.05) is 26.0 Å². The number of anilines is 1. The summed E-state index contributed by atoms with van der Waals surface area (Å²) in [7, 11) is -1.96. The highest BCUT2D eigenvalue weighted by molar-refractivity contribution is 7.92. The highest BCUT2D eigenvalue weighted by atomic mass is 32.2. The lowest BCUT2D eigenvalue weighted by molar-refractivity contribution is 0.0773. The molecule has 3 aromatic rings. The summed E-state index contributed by atoms with van der Waals surface area (Å²) in [5, 5.41) is 0. The van der Waals surface area contributed by atoms with Gasteiger partial charge in [0.2, 0.25) is 0 Å². The van der Waals surface area contributed by atoms with Crippen molar-refractivity contribution in [3.8, 4) is 5.75 Å². The number of aryl methyl sites for hydroxylation is 2. The monoisotopic (exact) mass is 438 g/mol. The Balaban J connectivity index is 1.56. The lowest BCUT2D eigenvalue weighted by Gasteiger charge is -2.18. The first-order valence-corrected chi connectivity index (χ1v) is 11.4. The molecule has 31 heavy (non-hydrogen) atoms. The van der Waals surface area contributed by atoms with Gasteiger partial charge in [0.25, 0.3) is 15.9 Å². The van der Waals surface area contributed by atoms with E-state index in [9.17, 15) is 13.2 Å². The number of sulfonamides is 1. The van der Waals surface area contributed by atoms with Gasteiger partial charge < -0.3 is 9.64 Å². The van der Waals surface area contributed by atoms with E-state index < -0.39 is 10.0 Å². The topological polar surface area (TPSA) is 75.7 Å². The van der Waals surface area contributed by atoms with Crippen LogP contribution in [-0.4, -0.2) is 39.4 Å². The van der Waals surface area contributed by atoms with Gasteiger partial charge in [0.05, 0.1) is 11.4 Å². The van der Waals surface area contributed by atoms with Crippen LogP contribution in [0.5, 0.6) is 5.75 Å². The molecule has 0 aromatic heterocycles. The molecule has 7 heteroatoms. The van der Waals surface area contributed by atoms with Crippen LogP contribution in [0.3, 0.4) is 0 Å². The molecule has 0 spiro atoms.